The lowest BCUT2D eigenvalue weighted by molar-refractivity contribution is 0.407. The van der Waals surface area contributed by atoms with Crippen molar-refractivity contribution in [2.75, 3.05) is 6.54 Å². The number of hydrogen-bond acceptors (Lipinski definition) is 3. The number of hydrogen-bond donors (Lipinski definition) is 1. The molecule has 0 amide bonds. The first-order valence-electron chi connectivity index (χ1n) is 6.13. The van der Waals surface area contributed by atoms with Gasteiger partial charge in [0, 0.05) is 32.0 Å². The summed E-state index contributed by atoms with van der Waals surface area (Å²) in [6.45, 7) is 3.54. The Morgan fingerprint density at radius 2 is 2.06 bits per heavy atom. The summed E-state index contributed by atoms with van der Waals surface area (Å²) < 4.78 is 2.84. The second-order valence-electron chi connectivity index (χ2n) is 4.67. The molecule has 0 saturated heterocycles. The molecule has 0 aliphatic heterocycles. The third kappa shape index (κ3) is 2.66. The van der Waals surface area contributed by atoms with Gasteiger partial charge in [-0.2, -0.15) is 0 Å². The van der Waals surface area contributed by atoms with Crippen molar-refractivity contribution in [3.63, 3.8) is 0 Å². The molecule has 1 aromatic rings. The number of nitrogens with one attached hydrogen (secondary N) is 1. The summed E-state index contributed by atoms with van der Waals surface area (Å²) in [4.78, 5) is 23.3. The molecule has 1 atom stereocenters. The van der Waals surface area contributed by atoms with Gasteiger partial charge >= 0.3 is 11.1 Å². The highest BCUT2D eigenvalue weighted by Crippen LogP contribution is 2.33. The molecule has 1 aliphatic carbocycles. The van der Waals surface area contributed by atoms with Crippen LogP contribution in [0.3, 0.4) is 0 Å². The van der Waals surface area contributed by atoms with Crippen LogP contribution in [0.25, 0.3) is 0 Å². The van der Waals surface area contributed by atoms with Crippen LogP contribution in [-0.4, -0.2) is 21.7 Å². The Bertz CT molecular complexity index is 499. The Kier molecular flexibility index (Phi) is 3.47. The smallest absolute Gasteiger partial charge is 0.312 e. The summed E-state index contributed by atoms with van der Waals surface area (Å²) in [5, 5.41) is 3.39. The third-order valence-electron chi connectivity index (χ3n) is 3.29. The zero-order chi connectivity index (χ0) is 12.4. The Balaban J connectivity index is 2.20. The maximum absolute atomic E-state index is 11.8. The molecule has 0 aromatic carbocycles. The molecule has 17 heavy (non-hydrogen) atoms. The van der Waals surface area contributed by atoms with Gasteiger partial charge in [0.1, 0.15) is 0 Å². The first kappa shape index (κ1) is 12.1. The fourth-order valence-electron chi connectivity index (χ4n) is 2.09. The minimum atomic E-state index is -0.460. The van der Waals surface area contributed by atoms with Crippen LogP contribution < -0.4 is 16.4 Å². The molecule has 5 nitrogen and oxygen atoms in total. The molecule has 0 radical (unpaired) electrons. The van der Waals surface area contributed by atoms with E-state index in [9.17, 15) is 9.59 Å². The second kappa shape index (κ2) is 4.87. The Labute approximate surface area is 100 Å². The van der Waals surface area contributed by atoms with Crippen LogP contribution in [0.2, 0.25) is 0 Å². The minimum absolute atomic E-state index is 0.310. The first-order chi connectivity index (χ1) is 8.13. The molecular weight excluding hydrogens is 218 g/mol. The summed E-state index contributed by atoms with van der Waals surface area (Å²) >= 11 is 0. The van der Waals surface area contributed by atoms with E-state index in [1.54, 1.807) is 19.4 Å². The van der Waals surface area contributed by atoms with Crippen LogP contribution in [0.5, 0.6) is 0 Å². The lowest BCUT2D eigenvalue weighted by Gasteiger charge is -2.18. The average Bonchev–Trinajstić information content (AvgIpc) is 3.13. The monoisotopic (exact) mass is 237 g/mol. The largest absolute Gasteiger partial charge is 0.316 e. The second-order valence-corrected chi connectivity index (χ2v) is 4.67. The SMILES string of the molecule is CCNC(Cn1ccn(C)c(=O)c1=O)C1CC1. The zero-order valence-electron chi connectivity index (χ0n) is 10.3. The minimum Gasteiger partial charge on any atom is -0.312 e. The van der Waals surface area contributed by atoms with Crippen molar-refractivity contribution in [1.82, 2.24) is 14.5 Å². The van der Waals surface area contributed by atoms with E-state index in [4.69, 9.17) is 0 Å². The van der Waals surface area contributed by atoms with E-state index in [1.165, 1.54) is 22.0 Å². The zero-order valence-corrected chi connectivity index (χ0v) is 10.3. The van der Waals surface area contributed by atoms with Crippen LogP contribution in [0.1, 0.15) is 19.8 Å². The summed E-state index contributed by atoms with van der Waals surface area (Å²) in [6.07, 6.45) is 5.77. The van der Waals surface area contributed by atoms with Crippen LogP contribution >= 0.6 is 0 Å². The molecule has 1 aromatic heterocycles. The quantitative estimate of drug-likeness (QED) is 0.730. The van der Waals surface area contributed by atoms with Crippen LogP contribution in [-0.2, 0) is 13.6 Å². The highest BCUT2D eigenvalue weighted by Gasteiger charge is 2.30. The van der Waals surface area contributed by atoms with Gasteiger partial charge in [-0.3, -0.25) is 9.59 Å². The number of rotatable bonds is 5. The van der Waals surface area contributed by atoms with Crippen molar-refractivity contribution in [2.24, 2.45) is 13.0 Å². The summed E-state index contributed by atoms with van der Waals surface area (Å²) in [5.41, 5.74) is -0.892. The van der Waals surface area contributed by atoms with Crippen molar-refractivity contribution in [1.29, 1.82) is 0 Å². The fraction of sp³-hybridized carbons (Fsp3) is 0.667. The van der Waals surface area contributed by atoms with Gasteiger partial charge in [0.2, 0.25) is 0 Å². The predicted octanol–water partition coefficient (Wildman–Crippen LogP) is -0.0649. The molecule has 1 heterocycles. The van der Waals surface area contributed by atoms with Gasteiger partial charge in [-0.15, -0.1) is 0 Å². The Morgan fingerprint density at radius 1 is 1.35 bits per heavy atom. The molecule has 0 bridgehead atoms. The normalized spacial score (nSPS) is 17.1. The molecule has 1 N–H and O–H groups in total. The maximum atomic E-state index is 11.8. The van der Waals surface area contributed by atoms with E-state index >= 15 is 0 Å². The molecule has 2 rings (SSSR count). The van der Waals surface area contributed by atoms with Gasteiger partial charge in [0.05, 0.1) is 0 Å². The Hall–Kier alpha value is -1.36. The van der Waals surface area contributed by atoms with Crippen molar-refractivity contribution in [2.45, 2.75) is 32.4 Å². The lowest BCUT2D eigenvalue weighted by atomic mass is 10.2. The van der Waals surface area contributed by atoms with Gasteiger partial charge in [0.15, 0.2) is 0 Å². The molecule has 1 fully saturated rings. The van der Waals surface area contributed by atoms with Crippen LogP contribution in [0.4, 0.5) is 0 Å². The summed E-state index contributed by atoms with van der Waals surface area (Å²) in [6, 6.07) is 0.310. The van der Waals surface area contributed by atoms with E-state index in [-0.39, 0.29) is 0 Å². The number of nitrogens with zero attached hydrogens (tertiary/aromatic N) is 2. The maximum Gasteiger partial charge on any atom is 0.316 e. The van der Waals surface area contributed by atoms with Crippen LogP contribution in [0.15, 0.2) is 22.0 Å². The van der Waals surface area contributed by atoms with Crippen LogP contribution in [0, 0.1) is 5.92 Å². The van der Waals surface area contributed by atoms with Crippen molar-refractivity contribution in [3.05, 3.63) is 33.1 Å². The average molecular weight is 237 g/mol. The molecule has 1 aliphatic rings. The molecule has 1 unspecified atom stereocenters. The van der Waals surface area contributed by atoms with Crippen molar-refractivity contribution < 1.29 is 0 Å². The molecule has 1 saturated carbocycles. The fourth-order valence-corrected chi connectivity index (χ4v) is 2.09. The standard InChI is InChI=1S/C12H19N3O2/c1-3-13-10(9-4-5-9)8-15-7-6-14(2)11(16)12(15)17/h6-7,9-10,13H,3-5,8H2,1-2H3. The molecular formula is C12H19N3O2. The summed E-state index contributed by atoms with van der Waals surface area (Å²) in [7, 11) is 1.59. The highest BCUT2D eigenvalue weighted by atomic mass is 16.2. The predicted molar refractivity (Wildman–Crippen MR) is 66.1 cm³/mol. The summed E-state index contributed by atoms with van der Waals surface area (Å²) in [5.74, 6) is 0.658. The van der Waals surface area contributed by atoms with E-state index < -0.39 is 11.1 Å². The van der Waals surface area contributed by atoms with E-state index in [1.807, 2.05) is 0 Å². The van der Waals surface area contributed by atoms with Crippen molar-refractivity contribution >= 4 is 0 Å². The third-order valence-corrected chi connectivity index (χ3v) is 3.29. The van der Waals surface area contributed by atoms with Gasteiger partial charge in [-0.05, 0) is 25.3 Å². The van der Waals surface area contributed by atoms with E-state index in [0.29, 0.717) is 18.5 Å². The van der Waals surface area contributed by atoms with Gasteiger partial charge in [-0.1, -0.05) is 6.92 Å². The lowest BCUT2D eigenvalue weighted by Crippen LogP contribution is -2.44. The van der Waals surface area contributed by atoms with Gasteiger partial charge in [-0.25, -0.2) is 0 Å². The number of aromatic nitrogens is 2. The van der Waals surface area contributed by atoms with Crippen molar-refractivity contribution in [3.8, 4) is 0 Å². The highest BCUT2D eigenvalue weighted by molar-refractivity contribution is 4.90. The first-order valence-corrected chi connectivity index (χ1v) is 6.13. The van der Waals surface area contributed by atoms with E-state index in [0.717, 1.165) is 6.54 Å². The topological polar surface area (TPSA) is 56.0 Å². The van der Waals surface area contributed by atoms with Gasteiger partial charge < -0.3 is 14.5 Å². The van der Waals surface area contributed by atoms with E-state index in [2.05, 4.69) is 12.2 Å². The number of likely N-dealkylation sites (N-methyl/N-ethyl adjacent to an activating group) is 1. The molecule has 5 heteroatoms. The van der Waals surface area contributed by atoms with Gasteiger partial charge in [0.25, 0.3) is 0 Å². The molecule has 94 valence electrons. The molecule has 0 spiro atoms. The Morgan fingerprint density at radius 3 is 2.65 bits per heavy atom. The number of aryl methyl sites for hydroxylation is 1.